The lowest BCUT2D eigenvalue weighted by molar-refractivity contribution is -0.122. The Morgan fingerprint density at radius 1 is 0.763 bits per heavy atom. The topological polar surface area (TPSA) is 279 Å². The van der Waals surface area contributed by atoms with E-state index >= 15 is 0 Å². The standard InChI is InChI=1S/C38H45N15O6/c1-6-52-27(15-21(3)48-52)35(57)45-37-43-25-17-23(32(39)55)19-29(59-14-10-11-30(54)47-41-5)31(25)50(37)12-8-9-13-51-34-26(18-24(20-42-34)33(40)56)44-38(51)46-36(58)28-16-22(4)49-53(28)7-2/h8-9,15-20,41H,6-7,10-14H2,1-5H3,(H2,39,55)(H2,40,56)(H,47,54)(H,43,45,57)(H,44,46,58)/b9-8+. The first-order valence-corrected chi connectivity index (χ1v) is 18.8. The monoisotopic (exact) mass is 807 g/mol. The molecule has 0 aliphatic heterocycles. The van der Waals surface area contributed by atoms with E-state index in [4.69, 9.17) is 21.2 Å². The quantitative estimate of drug-likeness (QED) is 0.0414. The largest absolute Gasteiger partial charge is 0.491 e. The second-order valence-electron chi connectivity index (χ2n) is 13.3. The minimum atomic E-state index is -0.714. The number of imidazole rings is 2. The second kappa shape index (κ2) is 17.8. The van der Waals surface area contributed by atoms with Crippen molar-refractivity contribution in [3.05, 3.63) is 82.6 Å². The normalized spacial score (nSPS) is 11.4. The van der Waals surface area contributed by atoms with E-state index in [9.17, 15) is 24.0 Å². The van der Waals surface area contributed by atoms with Gasteiger partial charge in [0.05, 0.1) is 29.1 Å². The molecule has 1 aromatic carbocycles. The van der Waals surface area contributed by atoms with E-state index < -0.39 is 23.6 Å². The van der Waals surface area contributed by atoms with E-state index in [-0.39, 0.29) is 60.8 Å². The summed E-state index contributed by atoms with van der Waals surface area (Å²) in [7, 11) is 1.58. The van der Waals surface area contributed by atoms with E-state index in [0.29, 0.717) is 64.5 Å². The number of ether oxygens (including phenoxy) is 1. The van der Waals surface area contributed by atoms with Gasteiger partial charge in [-0.25, -0.2) is 20.4 Å². The Balaban J connectivity index is 1.36. The summed E-state index contributed by atoms with van der Waals surface area (Å²) in [4.78, 5) is 77.3. The Bertz CT molecular complexity index is 2610. The first-order chi connectivity index (χ1) is 28.3. The number of benzene rings is 1. The van der Waals surface area contributed by atoms with Crippen LogP contribution in [0.5, 0.6) is 5.75 Å². The van der Waals surface area contributed by atoms with E-state index in [1.807, 2.05) is 13.8 Å². The van der Waals surface area contributed by atoms with Gasteiger partial charge in [0.2, 0.25) is 29.6 Å². The van der Waals surface area contributed by atoms with Crippen molar-refractivity contribution in [3.63, 3.8) is 0 Å². The van der Waals surface area contributed by atoms with Crippen LogP contribution in [0.15, 0.2) is 48.7 Å². The van der Waals surface area contributed by atoms with Crippen molar-refractivity contribution in [2.24, 2.45) is 11.5 Å². The first-order valence-electron chi connectivity index (χ1n) is 18.8. The van der Waals surface area contributed by atoms with Crippen LogP contribution in [0.4, 0.5) is 11.9 Å². The van der Waals surface area contributed by atoms with Crippen molar-refractivity contribution in [3.8, 4) is 5.75 Å². The highest BCUT2D eigenvalue weighted by molar-refractivity contribution is 6.05. The molecule has 0 aliphatic rings. The van der Waals surface area contributed by atoms with Gasteiger partial charge < -0.3 is 20.8 Å². The molecule has 21 nitrogen and oxygen atoms in total. The molecule has 5 heterocycles. The summed E-state index contributed by atoms with van der Waals surface area (Å²) in [5.74, 6) is -1.99. The average molecular weight is 808 g/mol. The fourth-order valence-corrected chi connectivity index (χ4v) is 6.42. The number of carbonyl (C=O) groups excluding carboxylic acids is 5. The molecule has 0 spiro atoms. The molecular weight excluding hydrogens is 763 g/mol. The zero-order valence-corrected chi connectivity index (χ0v) is 33.2. The Kier molecular flexibility index (Phi) is 12.4. The number of anilines is 2. The molecule has 308 valence electrons. The average Bonchev–Trinajstić information content (AvgIpc) is 3.96. The van der Waals surface area contributed by atoms with Gasteiger partial charge in [0.1, 0.15) is 28.2 Å². The van der Waals surface area contributed by atoms with E-state index in [0.717, 1.165) is 0 Å². The molecule has 5 aromatic heterocycles. The van der Waals surface area contributed by atoms with Gasteiger partial charge in [-0.3, -0.25) is 54.0 Å². The number of carbonyl (C=O) groups is 5. The number of hydrogen-bond acceptors (Lipinski definition) is 12. The number of nitrogens with one attached hydrogen (secondary N) is 4. The second-order valence-corrected chi connectivity index (χ2v) is 13.3. The summed E-state index contributed by atoms with van der Waals surface area (Å²) in [6, 6.07) is 7.83. The zero-order chi connectivity index (χ0) is 42.4. The lowest BCUT2D eigenvalue weighted by Crippen LogP contribution is -2.34. The summed E-state index contributed by atoms with van der Waals surface area (Å²) in [6.07, 6.45) is 5.45. The van der Waals surface area contributed by atoms with Gasteiger partial charge in [-0.15, -0.1) is 0 Å². The molecule has 0 bridgehead atoms. The number of nitrogens with zero attached hydrogens (tertiary/aromatic N) is 9. The van der Waals surface area contributed by atoms with Crippen molar-refractivity contribution in [1.82, 2.24) is 54.5 Å². The van der Waals surface area contributed by atoms with Crippen molar-refractivity contribution < 1.29 is 28.7 Å². The van der Waals surface area contributed by atoms with Crippen LogP contribution in [-0.2, 0) is 31.0 Å². The Morgan fingerprint density at radius 3 is 1.90 bits per heavy atom. The van der Waals surface area contributed by atoms with Crippen LogP contribution in [0.1, 0.15) is 79.8 Å². The Morgan fingerprint density at radius 2 is 1.32 bits per heavy atom. The third-order valence-corrected chi connectivity index (χ3v) is 9.09. The van der Waals surface area contributed by atoms with Gasteiger partial charge in [0.25, 0.3) is 11.8 Å². The highest BCUT2D eigenvalue weighted by atomic mass is 16.5. The zero-order valence-electron chi connectivity index (χ0n) is 33.2. The molecule has 0 saturated carbocycles. The third-order valence-electron chi connectivity index (χ3n) is 9.09. The number of aromatic nitrogens is 9. The van der Waals surface area contributed by atoms with Gasteiger partial charge in [-0.2, -0.15) is 10.2 Å². The summed E-state index contributed by atoms with van der Waals surface area (Å²) < 4.78 is 12.7. The summed E-state index contributed by atoms with van der Waals surface area (Å²) in [5, 5.41) is 14.5. The fraction of sp³-hybridized carbons (Fsp3) is 0.316. The van der Waals surface area contributed by atoms with E-state index in [1.165, 1.54) is 24.4 Å². The van der Waals surface area contributed by atoms with Crippen LogP contribution in [0.2, 0.25) is 0 Å². The van der Waals surface area contributed by atoms with Gasteiger partial charge in [-0.05, 0) is 64.4 Å². The minimum Gasteiger partial charge on any atom is -0.491 e. The van der Waals surface area contributed by atoms with E-state index in [1.54, 1.807) is 63.7 Å². The summed E-state index contributed by atoms with van der Waals surface area (Å²) >= 11 is 0. The van der Waals surface area contributed by atoms with Crippen LogP contribution < -0.4 is 37.7 Å². The number of rotatable bonds is 18. The molecule has 0 aliphatic carbocycles. The molecule has 6 aromatic rings. The molecule has 0 atom stereocenters. The highest BCUT2D eigenvalue weighted by Gasteiger charge is 2.23. The number of primary amides is 2. The lowest BCUT2D eigenvalue weighted by Gasteiger charge is -2.13. The van der Waals surface area contributed by atoms with Crippen molar-refractivity contribution in [1.29, 1.82) is 0 Å². The van der Waals surface area contributed by atoms with Crippen LogP contribution in [-0.4, -0.2) is 86.8 Å². The molecule has 5 amide bonds. The smallest absolute Gasteiger partial charge is 0.276 e. The number of nitrogens with two attached hydrogens (primary N) is 2. The van der Waals surface area contributed by atoms with Crippen molar-refractivity contribution >= 4 is 63.6 Å². The molecular formula is C38H45N15O6. The number of allylic oxidation sites excluding steroid dienone is 2. The van der Waals surface area contributed by atoms with Crippen LogP contribution >= 0.6 is 0 Å². The summed E-state index contributed by atoms with van der Waals surface area (Å²) in [6.45, 7) is 8.62. The van der Waals surface area contributed by atoms with E-state index in [2.05, 4.69) is 41.7 Å². The number of hydrazine groups is 1. The predicted octanol–water partition coefficient (Wildman–Crippen LogP) is 2.20. The van der Waals surface area contributed by atoms with Crippen LogP contribution in [0, 0.1) is 13.8 Å². The SMILES string of the molecule is CCn1nc(C)cc1C(=O)Nc1nc2cc(C(N)=O)cnc2n1C/C=C/Cn1c(NC(=O)c2cc(C)nn2CC)nc2cc(C(N)=O)cc(OCCCC(=O)NNC)c21. The molecule has 0 saturated heterocycles. The van der Waals surface area contributed by atoms with Crippen molar-refractivity contribution in [2.75, 3.05) is 24.3 Å². The van der Waals surface area contributed by atoms with Crippen LogP contribution in [0.25, 0.3) is 22.2 Å². The van der Waals surface area contributed by atoms with Gasteiger partial charge in [0.15, 0.2) is 5.65 Å². The number of fused-ring (bicyclic) bond motifs is 2. The predicted molar refractivity (Wildman–Crippen MR) is 217 cm³/mol. The number of pyridine rings is 1. The van der Waals surface area contributed by atoms with Gasteiger partial charge in [-0.1, -0.05) is 12.2 Å². The van der Waals surface area contributed by atoms with Gasteiger partial charge in [0, 0.05) is 51.4 Å². The number of hydrogen-bond donors (Lipinski definition) is 6. The Hall–Kier alpha value is -7.42. The fourth-order valence-electron chi connectivity index (χ4n) is 6.42. The minimum absolute atomic E-state index is 0.109. The summed E-state index contributed by atoms with van der Waals surface area (Å²) in [5.41, 5.74) is 20.0. The Labute approximate surface area is 337 Å². The molecule has 8 N–H and O–H groups in total. The lowest BCUT2D eigenvalue weighted by atomic mass is 10.1. The molecule has 0 fully saturated rings. The molecule has 0 unspecified atom stereocenters. The number of aryl methyl sites for hydroxylation is 4. The highest BCUT2D eigenvalue weighted by Crippen LogP contribution is 2.32. The van der Waals surface area contributed by atoms with Crippen LogP contribution in [0.3, 0.4) is 0 Å². The third kappa shape index (κ3) is 9.09. The van der Waals surface area contributed by atoms with Gasteiger partial charge >= 0.3 is 0 Å². The molecule has 21 heteroatoms. The molecule has 59 heavy (non-hydrogen) atoms. The maximum Gasteiger partial charge on any atom is 0.276 e. The maximum atomic E-state index is 13.7. The first kappa shape index (κ1) is 41.2. The van der Waals surface area contributed by atoms with Crippen molar-refractivity contribution in [2.45, 2.75) is 66.7 Å². The molecule has 6 rings (SSSR count). The molecule has 0 radical (unpaired) electrons. The maximum absolute atomic E-state index is 13.7. The number of amides is 5.